The highest BCUT2D eigenvalue weighted by Gasteiger charge is 2.15. The number of pyridine rings is 1. The van der Waals surface area contributed by atoms with Crippen LogP contribution in [0, 0.1) is 13.8 Å². The number of ether oxygens (including phenoxy) is 1. The number of nitrogens with zero attached hydrogens (tertiary/aromatic N) is 1. The van der Waals surface area contributed by atoms with Crippen LogP contribution in [-0.4, -0.2) is 23.2 Å². The first kappa shape index (κ1) is 16.3. The van der Waals surface area contributed by atoms with Crippen molar-refractivity contribution >= 4 is 28.5 Å². The van der Waals surface area contributed by atoms with E-state index in [1.165, 1.54) is 0 Å². The molecule has 0 fully saturated rings. The molecule has 0 spiro atoms. The van der Waals surface area contributed by atoms with Crippen LogP contribution in [0.3, 0.4) is 0 Å². The van der Waals surface area contributed by atoms with Crippen LogP contribution in [0.5, 0.6) is 5.75 Å². The smallest absolute Gasteiger partial charge is 0.336 e. The number of aromatic nitrogens is 1. The Labute approximate surface area is 144 Å². The van der Waals surface area contributed by atoms with Crippen LogP contribution in [0.25, 0.3) is 22.2 Å². The summed E-state index contributed by atoms with van der Waals surface area (Å²) in [4.78, 5) is 16.4. The molecule has 3 aromatic rings. The van der Waals surface area contributed by atoms with Gasteiger partial charge in [-0.2, -0.15) is 0 Å². The third-order valence-electron chi connectivity index (χ3n) is 3.99. The lowest BCUT2D eigenvalue weighted by molar-refractivity contribution is 0.0699. The van der Waals surface area contributed by atoms with Gasteiger partial charge in [0.25, 0.3) is 0 Å². The number of hydrogen-bond donors (Lipinski definition) is 1. The summed E-state index contributed by atoms with van der Waals surface area (Å²) < 4.78 is 5.27. The molecule has 0 saturated heterocycles. The van der Waals surface area contributed by atoms with Gasteiger partial charge >= 0.3 is 5.97 Å². The molecule has 4 nitrogen and oxygen atoms in total. The molecule has 24 heavy (non-hydrogen) atoms. The van der Waals surface area contributed by atoms with Crippen molar-refractivity contribution in [2.75, 3.05) is 7.11 Å². The third kappa shape index (κ3) is 2.81. The monoisotopic (exact) mass is 341 g/mol. The molecular formula is C19H16ClNO3. The van der Waals surface area contributed by atoms with Crippen LogP contribution >= 0.6 is 11.6 Å². The highest BCUT2D eigenvalue weighted by Crippen LogP contribution is 2.31. The molecule has 0 aliphatic rings. The van der Waals surface area contributed by atoms with E-state index in [4.69, 9.17) is 16.3 Å². The molecule has 1 aromatic heterocycles. The molecule has 1 heterocycles. The number of carboxylic acid groups (broad SMARTS) is 1. The van der Waals surface area contributed by atoms with Gasteiger partial charge in [-0.15, -0.1) is 0 Å². The van der Waals surface area contributed by atoms with E-state index in [1.807, 2.05) is 32.0 Å². The second kappa shape index (κ2) is 6.13. The number of methoxy groups -OCH3 is 1. The van der Waals surface area contributed by atoms with Gasteiger partial charge in [-0.25, -0.2) is 9.78 Å². The van der Waals surface area contributed by atoms with Gasteiger partial charge < -0.3 is 9.84 Å². The normalized spacial score (nSPS) is 10.8. The number of rotatable bonds is 3. The van der Waals surface area contributed by atoms with E-state index in [9.17, 15) is 9.90 Å². The largest absolute Gasteiger partial charge is 0.496 e. The van der Waals surface area contributed by atoms with E-state index in [0.29, 0.717) is 21.6 Å². The van der Waals surface area contributed by atoms with Gasteiger partial charge in [-0.05, 0) is 61.4 Å². The maximum atomic E-state index is 11.7. The van der Waals surface area contributed by atoms with Crippen LogP contribution in [0.15, 0.2) is 36.4 Å². The van der Waals surface area contributed by atoms with Crippen molar-refractivity contribution in [3.63, 3.8) is 0 Å². The Morgan fingerprint density at radius 2 is 1.88 bits per heavy atom. The van der Waals surface area contributed by atoms with Gasteiger partial charge in [0.1, 0.15) is 5.75 Å². The predicted octanol–water partition coefficient (Wildman–Crippen LogP) is 4.88. The minimum atomic E-state index is -1.00. The van der Waals surface area contributed by atoms with E-state index in [1.54, 1.807) is 25.3 Å². The average Bonchev–Trinajstić information content (AvgIpc) is 2.53. The number of hydrogen-bond acceptors (Lipinski definition) is 3. The molecular weight excluding hydrogens is 326 g/mol. The van der Waals surface area contributed by atoms with Crippen molar-refractivity contribution in [1.29, 1.82) is 0 Å². The quantitative estimate of drug-likeness (QED) is 0.737. The van der Waals surface area contributed by atoms with Gasteiger partial charge in [-0.1, -0.05) is 11.6 Å². The maximum Gasteiger partial charge on any atom is 0.336 e. The van der Waals surface area contributed by atoms with Crippen molar-refractivity contribution in [1.82, 2.24) is 4.98 Å². The number of aryl methyl sites for hydroxylation is 2. The third-order valence-corrected chi connectivity index (χ3v) is 4.21. The predicted molar refractivity (Wildman–Crippen MR) is 95.2 cm³/mol. The van der Waals surface area contributed by atoms with Crippen LogP contribution in [-0.2, 0) is 0 Å². The van der Waals surface area contributed by atoms with Crippen LogP contribution in [0.2, 0.25) is 5.02 Å². The molecule has 5 heteroatoms. The lowest BCUT2D eigenvalue weighted by atomic mass is 10.0. The second-order valence-electron chi connectivity index (χ2n) is 5.66. The first-order valence-corrected chi connectivity index (χ1v) is 7.77. The van der Waals surface area contributed by atoms with E-state index in [2.05, 4.69) is 4.98 Å². The van der Waals surface area contributed by atoms with Gasteiger partial charge in [0, 0.05) is 16.0 Å². The summed E-state index contributed by atoms with van der Waals surface area (Å²) in [7, 11) is 1.62. The molecule has 0 aliphatic carbocycles. The number of carbonyl (C=O) groups is 1. The standard InChI is InChI=1S/C19H16ClNO3/c1-10-6-12(4-5-17(10)24-3)16-9-15(19(22)23)14-8-13(20)7-11(2)18(14)21-16/h4-9H,1-3H3,(H,22,23). The second-order valence-corrected chi connectivity index (χ2v) is 6.10. The zero-order chi connectivity index (χ0) is 17.4. The molecule has 0 radical (unpaired) electrons. The molecule has 122 valence electrons. The van der Waals surface area contributed by atoms with Crippen LogP contribution < -0.4 is 4.74 Å². The fourth-order valence-electron chi connectivity index (χ4n) is 2.82. The summed E-state index contributed by atoms with van der Waals surface area (Å²) in [6.45, 7) is 3.81. The summed E-state index contributed by atoms with van der Waals surface area (Å²) in [6, 6.07) is 10.7. The Morgan fingerprint density at radius 1 is 1.12 bits per heavy atom. The van der Waals surface area contributed by atoms with Crippen molar-refractivity contribution in [2.24, 2.45) is 0 Å². The number of carboxylic acids is 1. The Kier molecular flexibility index (Phi) is 4.16. The molecule has 0 unspecified atom stereocenters. The molecule has 1 N–H and O–H groups in total. The molecule has 3 rings (SSSR count). The highest BCUT2D eigenvalue weighted by atomic mass is 35.5. The molecule has 0 aliphatic heterocycles. The summed E-state index contributed by atoms with van der Waals surface area (Å²) in [5, 5.41) is 10.6. The van der Waals surface area contributed by atoms with Crippen molar-refractivity contribution in [2.45, 2.75) is 13.8 Å². The fraction of sp³-hybridized carbons (Fsp3) is 0.158. The zero-order valence-corrected chi connectivity index (χ0v) is 14.3. The Morgan fingerprint density at radius 3 is 2.50 bits per heavy atom. The first-order chi connectivity index (χ1) is 11.4. The number of aromatic carboxylic acids is 1. The van der Waals surface area contributed by atoms with E-state index < -0.39 is 5.97 Å². The topological polar surface area (TPSA) is 59.4 Å². The Hall–Kier alpha value is -2.59. The summed E-state index contributed by atoms with van der Waals surface area (Å²) in [5.41, 5.74) is 4.08. The first-order valence-electron chi connectivity index (χ1n) is 7.40. The maximum absolute atomic E-state index is 11.7. The highest BCUT2D eigenvalue weighted by molar-refractivity contribution is 6.31. The van der Waals surface area contributed by atoms with Gasteiger partial charge in [-0.3, -0.25) is 0 Å². The van der Waals surface area contributed by atoms with Crippen LogP contribution in [0.4, 0.5) is 0 Å². The zero-order valence-electron chi connectivity index (χ0n) is 13.6. The Bertz CT molecular complexity index is 966. The molecule has 0 bridgehead atoms. The SMILES string of the molecule is COc1ccc(-c2cc(C(=O)O)c3cc(Cl)cc(C)c3n2)cc1C. The number of halogens is 1. The molecule has 0 saturated carbocycles. The lowest BCUT2D eigenvalue weighted by Gasteiger charge is -2.11. The van der Waals surface area contributed by atoms with Gasteiger partial charge in [0.2, 0.25) is 0 Å². The molecule has 0 amide bonds. The van der Waals surface area contributed by atoms with Crippen molar-refractivity contribution < 1.29 is 14.6 Å². The van der Waals surface area contributed by atoms with E-state index in [-0.39, 0.29) is 5.56 Å². The van der Waals surface area contributed by atoms with Gasteiger partial charge in [0.15, 0.2) is 0 Å². The minimum Gasteiger partial charge on any atom is -0.496 e. The number of benzene rings is 2. The summed E-state index contributed by atoms with van der Waals surface area (Å²) in [5.74, 6) is -0.225. The fourth-order valence-corrected chi connectivity index (χ4v) is 3.09. The molecule has 0 atom stereocenters. The summed E-state index contributed by atoms with van der Waals surface area (Å²) in [6.07, 6.45) is 0. The lowest BCUT2D eigenvalue weighted by Crippen LogP contribution is -2.01. The number of fused-ring (bicyclic) bond motifs is 1. The minimum absolute atomic E-state index is 0.189. The van der Waals surface area contributed by atoms with Gasteiger partial charge in [0.05, 0.1) is 23.9 Å². The summed E-state index contributed by atoms with van der Waals surface area (Å²) >= 11 is 6.08. The van der Waals surface area contributed by atoms with Crippen LogP contribution in [0.1, 0.15) is 21.5 Å². The average molecular weight is 342 g/mol. The Balaban J connectivity index is 2.30. The van der Waals surface area contributed by atoms with Crippen molar-refractivity contribution in [3.05, 3.63) is 58.1 Å². The molecule has 2 aromatic carbocycles. The van der Waals surface area contributed by atoms with E-state index in [0.717, 1.165) is 22.4 Å². The van der Waals surface area contributed by atoms with E-state index >= 15 is 0 Å². The van der Waals surface area contributed by atoms with Crippen molar-refractivity contribution in [3.8, 4) is 17.0 Å².